The monoisotopic (exact) mass is 292 g/mol. The Bertz CT molecular complexity index is 495. The van der Waals surface area contributed by atoms with Gasteiger partial charge in [-0.1, -0.05) is 18.2 Å². The van der Waals surface area contributed by atoms with E-state index in [-0.39, 0.29) is 24.2 Å². The summed E-state index contributed by atoms with van der Waals surface area (Å²) in [6.07, 6.45) is 2.34. The molecule has 1 fully saturated rings. The number of amides is 1. The molecule has 3 rings (SSSR count). The van der Waals surface area contributed by atoms with Crippen LogP contribution in [0.2, 0.25) is 0 Å². The van der Waals surface area contributed by atoms with Crippen LogP contribution in [0.5, 0.6) is 0 Å². The van der Waals surface area contributed by atoms with Gasteiger partial charge in [-0.3, -0.25) is 4.79 Å². The normalized spacial score (nSPS) is 28.9. The average Bonchev–Trinajstić information content (AvgIpc) is 2.97. The maximum absolute atomic E-state index is 12.3. The molecule has 0 spiro atoms. The first-order valence-corrected chi connectivity index (χ1v) is 8.14. The van der Waals surface area contributed by atoms with E-state index in [1.165, 1.54) is 10.5 Å². The standard InChI is InChI=1S/C15H20N2O2S/c16-9-10-5-6-13(19-10)15(18)17-12-7-8-20-14-4-2-1-3-11(12)14/h1-4,10,12-13H,5-9,16H2,(H,17,18). The van der Waals surface area contributed by atoms with E-state index in [4.69, 9.17) is 10.5 Å². The van der Waals surface area contributed by atoms with E-state index < -0.39 is 0 Å². The Kier molecular flexibility index (Phi) is 4.29. The highest BCUT2D eigenvalue weighted by molar-refractivity contribution is 7.99. The highest BCUT2D eigenvalue weighted by atomic mass is 32.2. The van der Waals surface area contributed by atoms with Crippen LogP contribution in [0.1, 0.15) is 30.9 Å². The molecule has 3 N–H and O–H groups in total. The van der Waals surface area contributed by atoms with Gasteiger partial charge in [0.15, 0.2) is 0 Å². The van der Waals surface area contributed by atoms with Gasteiger partial charge in [-0.05, 0) is 30.9 Å². The number of hydrogen-bond donors (Lipinski definition) is 2. The Morgan fingerprint density at radius 2 is 2.20 bits per heavy atom. The van der Waals surface area contributed by atoms with Gasteiger partial charge in [0.25, 0.3) is 0 Å². The lowest BCUT2D eigenvalue weighted by Crippen LogP contribution is -2.38. The number of benzene rings is 1. The van der Waals surface area contributed by atoms with Crippen LogP contribution in [0, 0.1) is 0 Å². The first-order chi connectivity index (χ1) is 9.78. The molecule has 0 saturated carbocycles. The van der Waals surface area contributed by atoms with Gasteiger partial charge in [0.05, 0.1) is 12.1 Å². The third-order valence-corrected chi connectivity index (χ3v) is 5.06. The largest absolute Gasteiger partial charge is 0.364 e. The van der Waals surface area contributed by atoms with Gasteiger partial charge < -0.3 is 15.8 Å². The lowest BCUT2D eigenvalue weighted by molar-refractivity contribution is -0.132. The lowest BCUT2D eigenvalue weighted by atomic mass is 10.0. The molecule has 3 atom stereocenters. The highest BCUT2D eigenvalue weighted by Crippen LogP contribution is 2.36. The number of nitrogens with two attached hydrogens (primary N) is 1. The molecule has 0 aromatic heterocycles. The minimum Gasteiger partial charge on any atom is -0.364 e. The third kappa shape index (κ3) is 2.85. The topological polar surface area (TPSA) is 64.4 Å². The molecular weight excluding hydrogens is 272 g/mol. The van der Waals surface area contributed by atoms with Crippen molar-refractivity contribution in [2.24, 2.45) is 5.73 Å². The fourth-order valence-electron chi connectivity index (χ4n) is 2.83. The SMILES string of the molecule is NCC1CCC(C(=O)NC2CCSc3ccccc32)O1. The number of carbonyl (C=O) groups is 1. The summed E-state index contributed by atoms with van der Waals surface area (Å²) >= 11 is 1.86. The van der Waals surface area contributed by atoms with E-state index in [2.05, 4.69) is 17.4 Å². The molecular formula is C15H20N2O2S. The second kappa shape index (κ2) is 6.16. The minimum absolute atomic E-state index is 0.00709. The number of rotatable bonds is 3. The summed E-state index contributed by atoms with van der Waals surface area (Å²) in [4.78, 5) is 13.6. The van der Waals surface area contributed by atoms with Crippen LogP contribution in [-0.4, -0.2) is 30.4 Å². The van der Waals surface area contributed by atoms with E-state index in [1.807, 2.05) is 23.9 Å². The molecule has 3 unspecified atom stereocenters. The van der Waals surface area contributed by atoms with Gasteiger partial charge in [0.1, 0.15) is 6.10 Å². The van der Waals surface area contributed by atoms with Crippen molar-refractivity contribution in [2.75, 3.05) is 12.3 Å². The highest BCUT2D eigenvalue weighted by Gasteiger charge is 2.32. The fourth-order valence-corrected chi connectivity index (χ4v) is 3.95. The Hall–Kier alpha value is -1.04. The van der Waals surface area contributed by atoms with Crippen LogP contribution in [0.15, 0.2) is 29.2 Å². The first kappa shape index (κ1) is 13.9. The molecule has 1 saturated heterocycles. The predicted molar refractivity (Wildman–Crippen MR) is 79.6 cm³/mol. The van der Waals surface area contributed by atoms with Crippen LogP contribution < -0.4 is 11.1 Å². The zero-order chi connectivity index (χ0) is 13.9. The van der Waals surface area contributed by atoms with E-state index in [0.717, 1.165) is 25.0 Å². The number of thioether (sulfide) groups is 1. The molecule has 1 amide bonds. The number of hydrogen-bond acceptors (Lipinski definition) is 4. The van der Waals surface area contributed by atoms with Gasteiger partial charge >= 0.3 is 0 Å². The zero-order valence-electron chi connectivity index (χ0n) is 11.4. The quantitative estimate of drug-likeness (QED) is 0.892. The molecule has 0 aliphatic carbocycles. The summed E-state index contributed by atoms with van der Waals surface area (Å²) in [5.74, 6) is 1.05. The van der Waals surface area contributed by atoms with Gasteiger partial charge in [-0.2, -0.15) is 0 Å². The molecule has 4 nitrogen and oxygen atoms in total. The van der Waals surface area contributed by atoms with Gasteiger partial charge in [-0.25, -0.2) is 0 Å². The van der Waals surface area contributed by atoms with Crippen LogP contribution in [-0.2, 0) is 9.53 Å². The molecule has 2 heterocycles. The Balaban J connectivity index is 1.65. The van der Waals surface area contributed by atoms with Crippen molar-refractivity contribution in [1.82, 2.24) is 5.32 Å². The van der Waals surface area contributed by atoms with E-state index in [9.17, 15) is 4.79 Å². The van der Waals surface area contributed by atoms with Crippen molar-refractivity contribution in [3.05, 3.63) is 29.8 Å². The molecule has 0 bridgehead atoms. The van der Waals surface area contributed by atoms with Crippen molar-refractivity contribution in [3.8, 4) is 0 Å². The smallest absolute Gasteiger partial charge is 0.249 e. The van der Waals surface area contributed by atoms with Crippen LogP contribution in [0.4, 0.5) is 0 Å². The molecule has 2 aliphatic heterocycles. The lowest BCUT2D eigenvalue weighted by Gasteiger charge is -2.27. The molecule has 1 aromatic carbocycles. The number of ether oxygens (including phenoxy) is 1. The van der Waals surface area contributed by atoms with Crippen molar-refractivity contribution in [3.63, 3.8) is 0 Å². The molecule has 5 heteroatoms. The summed E-state index contributed by atoms with van der Waals surface area (Å²) in [6, 6.07) is 8.41. The Morgan fingerprint density at radius 3 is 3.00 bits per heavy atom. The summed E-state index contributed by atoms with van der Waals surface area (Å²) in [7, 11) is 0. The van der Waals surface area contributed by atoms with Gasteiger partial charge in [-0.15, -0.1) is 11.8 Å². The number of carbonyl (C=O) groups excluding carboxylic acids is 1. The molecule has 20 heavy (non-hydrogen) atoms. The summed E-state index contributed by atoms with van der Waals surface area (Å²) in [6.45, 7) is 0.493. The second-order valence-corrected chi connectivity index (χ2v) is 6.43. The average molecular weight is 292 g/mol. The number of nitrogens with one attached hydrogen (secondary N) is 1. The summed E-state index contributed by atoms with van der Waals surface area (Å²) in [5, 5.41) is 3.14. The molecule has 1 aromatic rings. The van der Waals surface area contributed by atoms with Crippen molar-refractivity contribution in [1.29, 1.82) is 0 Å². The van der Waals surface area contributed by atoms with Crippen molar-refractivity contribution in [2.45, 2.75) is 42.4 Å². The molecule has 108 valence electrons. The van der Waals surface area contributed by atoms with E-state index >= 15 is 0 Å². The first-order valence-electron chi connectivity index (χ1n) is 7.15. The fraction of sp³-hybridized carbons (Fsp3) is 0.533. The maximum atomic E-state index is 12.3. The second-order valence-electron chi connectivity index (χ2n) is 5.30. The zero-order valence-corrected chi connectivity index (χ0v) is 12.2. The predicted octanol–water partition coefficient (Wildman–Crippen LogP) is 1.85. The van der Waals surface area contributed by atoms with E-state index in [1.54, 1.807) is 0 Å². The summed E-state index contributed by atoms with van der Waals surface area (Å²) < 4.78 is 5.66. The van der Waals surface area contributed by atoms with Crippen LogP contribution >= 0.6 is 11.8 Å². The summed E-state index contributed by atoms with van der Waals surface area (Å²) in [5.41, 5.74) is 6.81. The minimum atomic E-state index is -0.328. The van der Waals surface area contributed by atoms with Gasteiger partial charge in [0, 0.05) is 17.2 Å². The van der Waals surface area contributed by atoms with Crippen LogP contribution in [0.25, 0.3) is 0 Å². The molecule has 0 radical (unpaired) electrons. The maximum Gasteiger partial charge on any atom is 0.249 e. The van der Waals surface area contributed by atoms with Crippen LogP contribution in [0.3, 0.4) is 0 Å². The van der Waals surface area contributed by atoms with Crippen molar-refractivity contribution >= 4 is 17.7 Å². The van der Waals surface area contributed by atoms with Gasteiger partial charge in [0.2, 0.25) is 5.91 Å². The third-order valence-electron chi connectivity index (χ3n) is 3.94. The Morgan fingerprint density at radius 1 is 1.35 bits per heavy atom. The molecule has 2 aliphatic rings. The van der Waals surface area contributed by atoms with E-state index in [0.29, 0.717) is 6.54 Å². The Labute approximate surface area is 123 Å². The van der Waals surface area contributed by atoms with Crippen molar-refractivity contribution < 1.29 is 9.53 Å². The number of fused-ring (bicyclic) bond motifs is 1.